The Morgan fingerprint density at radius 3 is 2.83 bits per heavy atom. The molecule has 7 heteroatoms. The fourth-order valence-electron chi connectivity index (χ4n) is 2.50. The van der Waals surface area contributed by atoms with Crippen LogP contribution >= 0.6 is 0 Å². The van der Waals surface area contributed by atoms with Gasteiger partial charge in [0.15, 0.2) is 5.82 Å². The third-order valence-corrected chi connectivity index (χ3v) is 3.62. The number of nitrogens with zero attached hydrogens (tertiary/aromatic N) is 4. The van der Waals surface area contributed by atoms with Crippen LogP contribution in [0.15, 0.2) is 55.0 Å². The molecule has 24 heavy (non-hydrogen) atoms. The highest BCUT2D eigenvalue weighted by Crippen LogP contribution is 2.27. The number of hydrogen-bond donors (Lipinski definition) is 3. The molecule has 0 bridgehead atoms. The highest BCUT2D eigenvalue weighted by Gasteiger charge is 2.11. The molecule has 118 valence electrons. The molecule has 0 aliphatic heterocycles. The van der Waals surface area contributed by atoms with Crippen LogP contribution in [0, 0.1) is 0 Å². The van der Waals surface area contributed by atoms with Gasteiger partial charge in [-0.05, 0) is 30.3 Å². The van der Waals surface area contributed by atoms with E-state index in [-0.39, 0.29) is 0 Å². The Hall–Kier alpha value is -3.48. The van der Waals surface area contributed by atoms with Crippen LogP contribution in [-0.2, 0) is 6.54 Å². The summed E-state index contributed by atoms with van der Waals surface area (Å²) in [6, 6.07) is 11.3. The molecule has 0 amide bonds. The summed E-state index contributed by atoms with van der Waals surface area (Å²) in [6.45, 7) is 0.581. The van der Waals surface area contributed by atoms with Gasteiger partial charge in [-0.1, -0.05) is 6.07 Å². The third kappa shape index (κ3) is 2.74. The summed E-state index contributed by atoms with van der Waals surface area (Å²) in [5.74, 6) is 1.73. The number of H-pyrrole nitrogens is 1. The van der Waals surface area contributed by atoms with Crippen LogP contribution in [0.2, 0.25) is 0 Å². The molecule has 0 fully saturated rings. The van der Waals surface area contributed by atoms with Crippen LogP contribution in [0.25, 0.3) is 22.4 Å². The van der Waals surface area contributed by atoms with Gasteiger partial charge in [-0.2, -0.15) is 0 Å². The molecule has 4 N–H and O–H groups in total. The number of nitrogens with one attached hydrogen (secondary N) is 2. The largest absolute Gasteiger partial charge is 0.384 e. The highest BCUT2D eigenvalue weighted by atomic mass is 15.0. The van der Waals surface area contributed by atoms with E-state index in [0.29, 0.717) is 18.2 Å². The fourth-order valence-corrected chi connectivity index (χ4v) is 2.50. The van der Waals surface area contributed by atoms with Crippen molar-refractivity contribution in [3.63, 3.8) is 0 Å². The van der Waals surface area contributed by atoms with E-state index in [0.717, 1.165) is 28.1 Å². The molecular formula is C17H15N7. The topological polar surface area (TPSA) is 105 Å². The van der Waals surface area contributed by atoms with E-state index < -0.39 is 0 Å². The minimum atomic E-state index is 0.434. The number of hydrogen-bond acceptors (Lipinski definition) is 6. The molecule has 4 rings (SSSR count). The van der Waals surface area contributed by atoms with Gasteiger partial charge in [-0.25, -0.2) is 15.0 Å². The van der Waals surface area contributed by atoms with Crippen molar-refractivity contribution in [1.29, 1.82) is 0 Å². The zero-order chi connectivity index (χ0) is 16.4. The van der Waals surface area contributed by atoms with Crippen molar-refractivity contribution in [2.75, 3.05) is 11.1 Å². The zero-order valence-electron chi connectivity index (χ0n) is 12.8. The van der Waals surface area contributed by atoms with Crippen molar-refractivity contribution < 1.29 is 0 Å². The number of anilines is 2. The van der Waals surface area contributed by atoms with Gasteiger partial charge in [0.25, 0.3) is 0 Å². The maximum atomic E-state index is 5.79. The lowest BCUT2D eigenvalue weighted by Crippen LogP contribution is -2.04. The summed E-state index contributed by atoms with van der Waals surface area (Å²) in [5, 5.41) is 4.24. The molecule has 0 atom stereocenters. The maximum absolute atomic E-state index is 5.79. The second-order valence-electron chi connectivity index (χ2n) is 5.27. The molecule has 0 saturated carbocycles. The van der Waals surface area contributed by atoms with Crippen LogP contribution in [0.4, 0.5) is 11.6 Å². The lowest BCUT2D eigenvalue weighted by molar-refractivity contribution is 1.03. The summed E-state index contributed by atoms with van der Waals surface area (Å²) >= 11 is 0. The number of rotatable bonds is 4. The first-order chi connectivity index (χ1) is 11.8. The van der Waals surface area contributed by atoms with Crippen molar-refractivity contribution >= 4 is 22.7 Å². The SMILES string of the molecule is Nc1ccnc(-c2cc(NCc3ccccn3)nc3[nH]ccc23)n1. The van der Waals surface area contributed by atoms with Crippen LogP contribution in [0.5, 0.6) is 0 Å². The maximum Gasteiger partial charge on any atom is 0.162 e. The second-order valence-corrected chi connectivity index (χ2v) is 5.27. The minimum Gasteiger partial charge on any atom is -0.384 e. The van der Waals surface area contributed by atoms with Crippen LogP contribution in [0.1, 0.15) is 5.69 Å². The van der Waals surface area contributed by atoms with Crippen LogP contribution < -0.4 is 11.1 Å². The van der Waals surface area contributed by atoms with Gasteiger partial charge < -0.3 is 16.0 Å². The summed E-state index contributed by atoms with van der Waals surface area (Å²) < 4.78 is 0. The number of nitrogens with two attached hydrogens (primary N) is 1. The lowest BCUT2D eigenvalue weighted by Gasteiger charge is -2.08. The van der Waals surface area contributed by atoms with Gasteiger partial charge in [0.05, 0.1) is 12.2 Å². The van der Waals surface area contributed by atoms with E-state index in [1.165, 1.54) is 0 Å². The van der Waals surface area contributed by atoms with Crippen LogP contribution in [-0.4, -0.2) is 24.9 Å². The van der Waals surface area contributed by atoms with E-state index in [1.54, 1.807) is 18.5 Å². The molecule has 0 aromatic carbocycles. The fraction of sp³-hybridized carbons (Fsp3) is 0.0588. The van der Waals surface area contributed by atoms with E-state index in [4.69, 9.17) is 5.73 Å². The van der Waals surface area contributed by atoms with Gasteiger partial charge in [-0.15, -0.1) is 0 Å². The van der Waals surface area contributed by atoms with Crippen molar-refractivity contribution in [3.8, 4) is 11.4 Å². The van der Waals surface area contributed by atoms with Gasteiger partial charge in [0, 0.05) is 29.5 Å². The normalized spacial score (nSPS) is 10.8. The Bertz CT molecular complexity index is 979. The van der Waals surface area contributed by atoms with E-state index in [1.807, 2.05) is 36.5 Å². The molecule has 0 aliphatic carbocycles. The van der Waals surface area contributed by atoms with Crippen molar-refractivity contribution in [2.45, 2.75) is 6.54 Å². The molecular weight excluding hydrogens is 302 g/mol. The standard InChI is InChI=1S/C17H15N7/c18-14-5-8-21-17(23-14)13-9-15(24-16-12(13)4-7-20-16)22-10-11-3-1-2-6-19-11/h1-9H,10H2,(H2,18,21,23)(H2,20,22,24). The third-order valence-electron chi connectivity index (χ3n) is 3.62. The molecule has 0 saturated heterocycles. The molecule has 4 heterocycles. The number of fused-ring (bicyclic) bond motifs is 1. The summed E-state index contributed by atoms with van der Waals surface area (Å²) in [6.07, 6.45) is 5.26. The van der Waals surface area contributed by atoms with Crippen molar-refractivity contribution in [1.82, 2.24) is 24.9 Å². The lowest BCUT2D eigenvalue weighted by atomic mass is 10.1. The number of pyridine rings is 2. The van der Waals surface area contributed by atoms with Gasteiger partial charge in [0.2, 0.25) is 0 Å². The first-order valence-corrected chi connectivity index (χ1v) is 7.50. The Morgan fingerprint density at radius 1 is 1.04 bits per heavy atom. The van der Waals surface area contributed by atoms with E-state index in [2.05, 4.69) is 30.2 Å². The number of aromatic amines is 1. The average Bonchev–Trinajstić information content (AvgIpc) is 3.08. The van der Waals surface area contributed by atoms with Crippen LogP contribution in [0.3, 0.4) is 0 Å². The molecule has 0 unspecified atom stereocenters. The average molecular weight is 317 g/mol. The summed E-state index contributed by atoms with van der Waals surface area (Å²) in [7, 11) is 0. The Balaban J connectivity index is 1.72. The monoisotopic (exact) mass is 317 g/mol. The van der Waals surface area contributed by atoms with Crippen molar-refractivity contribution in [2.24, 2.45) is 0 Å². The minimum absolute atomic E-state index is 0.434. The van der Waals surface area contributed by atoms with E-state index in [9.17, 15) is 0 Å². The Labute approximate surface area is 138 Å². The number of aromatic nitrogens is 5. The Morgan fingerprint density at radius 2 is 2.00 bits per heavy atom. The quantitative estimate of drug-likeness (QED) is 0.534. The Kier molecular flexibility index (Phi) is 3.51. The zero-order valence-corrected chi connectivity index (χ0v) is 12.8. The molecule has 4 aromatic rings. The predicted molar refractivity (Wildman–Crippen MR) is 93.1 cm³/mol. The predicted octanol–water partition coefficient (Wildman–Crippen LogP) is 2.61. The molecule has 7 nitrogen and oxygen atoms in total. The first kappa shape index (κ1) is 14.1. The van der Waals surface area contributed by atoms with Gasteiger partial charge in [-0.3, -0.25) is 4.98 Å². The smallest absolute Gasteiger partial charge is 0.162 e. The first-order valence-electron chi connectivity index (χ1n) is 7.50. The number of nitrogen functional groups attached to an aromatic ring is 1. The molecule has 0 spiro atoms. The molecule has 0 radical (unpaired) electrons. The summed E-state index contributed by atoms with van der Waals surface area (Å²) in [5.41, 5.74) is 8.37. The second kappa shape index (κ2) is 5.96. The highest BCUT2D eigenvalue weighted by molar-refractivity contribution is 5.92. The van der Waals surface area contributed by atoms with Gasteiger partial charge in [0.1, 0.15) is 17.3 Å². The van der Waals surface area contributed by atoms with E-state index >= 15 is 0 Å². The van der Waals surface area contributed by atoms with Crippen molar-refractivity contribution in [3.05, 3.63) is 60.7 Å². The summed E-state index contributed by atoms with van der Waals surface area (Å²) in [4.78, 5) is 20.6. The molecule has 0 aliphatic rings. The van der Waals surface area contributed by atoms with Gasteiger partial charge >= 0.3 is 0 Å². The molecule has 4 aromatic heterocycles.